The molecular weight excluding hydrogens is 218 g/mol. The minimum Gasteiger partial charge on any atom is -0.494 e. The number of esters is 1. The first-order valence-corrected chi connectivity index (χ1v) is 5.51. The molecule has 1 unspecified atom stereocenters. The maximum absolute atomic E-state index is 11.5. The SMILES string of the molecule is CCOC(=O)C(C#N)c1ccc(OCC)cc1. The zero-order chi connectivity index (χ0) is 12.7. The quantitative estimate of drug-likeness (QED) is 0.732. The zero-order valence-corrected chi connectivity index (χ0v) is 9.97. The van der Waals surface area contributed by atoms with Gasteiger partial charge >= 0.3 is 5.97 Å². The Hall–Kier alpha value is -2.02. The van der Waals surface area contributed by atoms with Crippen LogP contribution in [0.25, 0.3) is 0 Å². The third-order valence-corrected chi connectivity index (χ3v) is 2.18. The van der Waals surface area contributed by atoms with Crippen molar-refractivity contribution >= 4 is 5.97 Å². The topological polar surface area (TPSA) is 59.3 Å². The lowest BCUT2D eigenvalue weighted by Gasteiger charge is -2.09. The van der Waals surface area contributed by atoms with Gasteiger partial charge in [-0.05, 0) is 31.5 Å². The standard InChI is InChI=1S/C13H15NO3/c1-3-16-11-7-5-10(6-8-11)12(9-14)13(15)17-4-2/h5-8,12H,3-4H2,1-2H3. The van der Waals surface area contributed by atoms with Gasteiger partial charge in [-0.3, -0.25) is 4.79 Å². The second-order valence-electron chi connectivity index (χ2n) is 3.32. The molecule has 0 heterocycles. The van der Waals surface area contributed by atoms with Gasteiger partial charge in [-0.2, -0.15) is 5.26 Å². The lowest BCUT2D eigenvalue weighted by Crippen LogP contribution is -2.14. The van der Waals surface area contributed by atoms with Gasteiger partial charge in [0.15, 0.2) is 5.92 Å². The van der Waals surface area contributed by atoms with E-state index in [0.717, 1.165) is 5.75 Å². The molecule has 1 aromatic carbocycles. The second kappa shape index (κ2) is 6.54. The first kappa shape index (κ1) is 13.0. The van der Waals surface area contributed by atoms with E-state index in [4.69, 9.17) is 14.7 Å². The van der Waals surface area contributed by atoms with E-state index in [1.165, 1.54) is 0 Å². The lowest BCUT2D eigenvalue weighted by molar-refractivity contribution is -0.143. The minimum atomic E-state index is -0.870. The van der Waals surface area contributed by atoms with Crippen molar-refractivity contribution in [2.45, 2.75) is 19.8 Å². The van der Waals surface area contributed by atoms with Gasteiger partial charge in [0.1, 0.15) is 5.75 Å². The number of hydrogen-bond donors (Lipinski definition) is 0. The molecule has 1 aromatic rings. The first-order valence-electron chi connectivity index (χ1n) is 5.51. The van der Waals surface area contributed by atoms with Gasteiger partial charge in [-0.15, -0.1) is 0 Å². The molecule has 0 spiro atoms. The van der Waals surface area contributed by atoms with Crippen LogP contribution in [0.15, 0.2) is 24.3 Å². The summed E-state index contributed by atoms with van der Waals surface area (Å²) in [6.45, 7) is 4.46. The largest absolute Gasteiger partial charge is 0.494 e. The molecule has 1 rings (SSSR count). The number of nitriles is 1. The highest BCUT2D eigenvalue weighted by molar-refractivity contribution is 5.81. The average molecular weight is 233 g/mol. The highest BCUT2D eigenvalue weighted by Crippen LogP contribution is 2.20. The van der Waals surface area contributed by atoms with Crippen molar-refractivity contribution in [3.63, 3.8) is 0 Å². The highest BCUT2D eigenvalue weighted by atomic mass is 16.5. The van der Waals surface area contributed by atoms with E-state index in [1.54, 1.807) is 31.2 Å². The summed E-state index contributed by atoms with van der Waals surface area (Å²) >= 11 is 0. The van der Waals surface area contributed by atoms with E-state index in [9.17, 15) is 4.79 Å². The van der Waals surface area contributed by atoms with E-state index in [1.807, 2.05) is 13.0 Å². The number of ether oxygens (including phenoxy) is 2. The lowest BCUT2D eigenvalue weighted by atomic mass is 10.0. The van der Waals surface area contributed by atoms with Gasteiger partial charge in [0.2, 0.25) is 0 Å². The van der Waals surface area contributed by atoms with E-state index >= 15 is 0 Å². The Morgan fingerprint density at radius 2 is 1.94 bits per heavy atom. The monoisotopic (exact) mass is 233 g/mol. The van der Waals surface area contributed by atoms with Gasteiger partial charge < -0.3 is 9.47 Å². The molecule has 4 nitrogen and oxygen atoms in total. The molecule has 0 aliphatic carbocycles. The van der Waals surface area contributed by atoms with Crippen molar-refractivity contribution < 1.29 is 14.3 Å². The van der Waals surface area contributed by atoms with Crippen LogP contribution in [-0.4, -0.2) is 19.2 Å². The molecule has 0 aromatic heterocycles. The van der Waals surface area contributed by atoms with Crippen molar-refractivity contribution in [1.29, 1.82) is 5.26 Å². The van der Waals surface area contributed by atoms with Gasteiger partial charge in [-0.25, -0.2) is 0 Å². The molecule has 0 aliphatic heterocycles. The minimum absolute atomic E-state index is 0.272. The van der Waals surface area contributed by atoms with Crippen LogP contribution in [0, 0.1) is 11.3 Å². The number of carbonyl (C=O) groups excluding carboxylic acids is 1. The van der Waals surface area contributed by atoms with E-state index in [0.29, 0.717) is 12.2 Å². The molecule has 0 amide bonds. The fourth-order valence-electron chi connectivity index (χ4n) is 1.41. The Bertz CT molecular complexity index is 406. The van der Waals surface area contributed by atoms with Crippen LogP contribution in [0.1, 0.15) is 25.3 Å². The predicted molar refractivity (Wildman–Crippen MR) is 62.6 cm³/mol. The summed E-state index contributed by atoms with van der Waals surface area (Å²) < 4.78 is 10.1. The first-order chi connectivity index (χ1) is 8.22. The summed E-state index contributed by atoms with van der Waals surface area (Å²) in [4.78, 5) is 11.5. The zero-order valence-electron chi connectivity index (χ0n) is 9.97. The van der Waals surface area contributed by atoms with E-state index in [-0.39, 0.29) is 6.61 Å². The number of hydrogen-bond acceptors (Lipinski definition) is 4. The van der Waals surface area contributed by atoms with Crippen LogP contribution in [0.3, 0.4) is 0 Å². The van der Waals surface area contributed by atoms with Crippen LogP contribution in [-0.2, 0) is 9.53 Å². The Morgan fingerprint density at radius 3 is 2.41 bits per heavy atom. The molecule has 4 heteroatoms. The third-order valence-electron chi connectivity index (χ3n) is 2.18. The maximum atomic E-state index is 11.5. The smallest absolute Gasteiger partial charge is 0.327 e. The van der Waals surface area contributed by atoms with Crippen molar-refractivity contribution in [3.8, 4) is 11.8 Å². The fraction of sp³-hybridized carbons (Fsp3) is 0.385. The number of rotatable bonds is 5. The molecule has 0 saturated carbocycles. The molecular formula is C13H15NO3. The number of carbonyl (C=O) groups is 1. The Balaban J connectivity index is 2.83. The normalized spacial score (nSPS) is 11.4. The number of benzene rings is 1. The van der Waals surface area contributed by atoms with Crippen LogP contribution >= 0.6 is 0 Å². The summed E-state index contributed by atoms with van der Waals surface area (Å²) in [5.74, 6) is -0.665. The average Bonchev–Trinajstić information content (AvgIpc) is 2.33. The predicted octanol–water partition coefficient (Wildman–Crippen LogP) is 2.26. The van der Waals surface area contributed by atoms with E-state index in [2.05, 4.69) is 0 Å². The van der Waals surface area contributed by atoms with Crippen molar-refractivity contribution in [2.75, 3.05) is 13.2 Å². The van der Waals surface area contributed by atoms with Crippen LogP contribution in [0.2, 0.25) is 0 Å². The molecule has 1 atom stereocenters. The van der Waals surface area contributed by atoms with Gasteiger partial charge in [0, 0.05) is 0 Å². The van der Waals surface area contributed by atoms with Gasteiger partial charge in [-0.1, -0.05) is 12.1 Å². The molecule has 0 aliphatic rings. The second-order valence-corrected chi connectivity index (χ2v) is 3.32. The van der Waals surface area contributed by atoms with Crippen LogP contribution < -0.4 is 4.74 Å². The summed E-state index contributed by atoms with van der Waals surface area (Å²) in [6, 6.07) is 8.82. The van der Waals surface area contributed by atoms with Crippen molar-refractivity contribution in [2.24, 2.45) is 0 Å². The molecule has 0 N–H and O–H groups in total. The molecule has 17 heavy (non-hydrogen) atoms. The highest BCUT2D eigenvalue weighted by Gasteiger charge is 2.21. The maximum Gasteiger partial charge on any atom is 0.327 e. The molecule has 0 fully saturated rings. The summed E-state index contributed by atoms with van der Waals surface area (Å²) in [6.07, 6.45) is 0. The molecule has 0 bridgehead atoms. The van der Waals surface area contributed by atoms with Gasteiger partial charge in [0.25, 0.3) is 0 Å². The summed E-state index contributed by atoms with van der Waals surface area (Å²) in [5.41, 5.74) is 0.620. The molecule has 0 saturated heterocycles. The summed E-state index contributed by atoms with van der Waals surface area (Å²) in [7, 11) is 0. The summed E-state index contributed by atoms with van der Waals surface area (Å²) in [5, 5.41) is 8.97. The van der Waals surface area contributed by atoms with Crippen molar-refractivity contribution in [3.05, 3.63) is 29.8 Å². The Kier molecular flexibility index (Phi) is 5.02. The van der Waals surface area contributed by atoms with Crippen LogP contribution in [0.4, 0.5) is 0 Å². The Morgan fingerprint density at radius 1 is 1.29 bits per heavy atom. The number of nitrogens with zero attached hydrogens (tertiary/aromatic N) is 1. The van der Waals surface area contributed by atoms with E-state index < -0.39 is 11.9 Å². The fourth-order valence-corrected chi connectivity index (χ4v) is 1.41. The molecule has 0 radical (unpaired) electrons. The van der Waals surface area contributed by atoms with Crippen molar-refractivity contribution in [1.82, 2.24) is 0 Å². The molecule has 90 valence electrons. The Labute approximate surface area is 101 Å². The third kappa shape index (κ3) is 3.49. The van der Waals surface area contributed by atoms with Gasteiger partial charge in [0.05, 0.1) is 19.3 Å². The van der Waals surface area contributed by atoms with Crippen LogP contribution in [0.5, 0.6) is 5.75 Å².